The molecule has 1 aromatic heterocycles. The largest absolute Gasteiger partial charge is 0.490 e. The molecule has 176 valence electrons. The number of halogens is 1. The average molecular weight is 493 g/mol. The summed E-state index contributed by atoms with van der Waals surface area (Å²) in [7, 11) is -2.09. The lowest BCUT2D eigenvalue weighted by Crippen LogP contribution is -2.29. The number of hydrogen-bond acceptors (Lipinski definition) is 7. The third-order valence-electron chi connectivity index (χ3n) is 5.46. The maximum atomic E-state index is 13.8. The molecule has 0 fully saturated rings. The van der Waals surface area contributed by atoms with Gasteiger partial charge in [0.2, 0.25) is 0 Å². The van der Waals surface area contributed by atoms with E-state index in [2.05, 4.69) is 0 Å². The predicted octanol–water partition coefficient (Wildman–Crippen LogP) is 3.83. The molecule has 0 saturated heterocycles. The van der Waals surface area contributed by atoms with E-state index in [9.17, 15) is 13.2 Å². The van der Waals surface area contributed by atoms with Gasteiger partial charge in [0.05, 0.1) is 41.6 Å². The van der Waals surface area contributed by atoms with Crippen LogP contribution in [-0.2, 0) is 30.9 Å². The van der Waals surface area contributed by atoms with Gasteiger partial charge in [-0.3, -0.25) is 0 Å². The third-order valence-corrected chi connectivity index (χ3v) is 7.45. The SMILES string of the molecule is CCOC(=O)C(C)OCc1cc2cc(Cl)ccc2n1S(=O)(=O)c1ccc2c(c1)OCCN2C. The number of rotatable bonds is 7. The van der Waals surface area contributed by atoms with Crippen LogP contribution in [0.5, 0.6) is 5.75 Å². The number of anilines is 1. The number of ether oxygens (including phenoxy) is 3. The van der Waals surface area contributed by atoms with Crippen molar-refractivity contribution in [2.24, 2.45) is 0 Å². The molecule has 1 aliphatic rings. The average Bonchev–Trinajstić information content (AvgIpc) is 3.15. The van der Waals surface area contributed by atoms with Crippen molar-refractivity contribution in [3.8, 4) is 5.75 Å². The maximum Gasteiger partial charge on any atom is 0.334 e. The summed E-state index contributed by atoms with van der Waals surface area (Å²) in [6, 6.07) is 11.5. The number of carbonyl (C=O) groups is 1. The number of likely N-dealkylation sites (N-methyl/N-ethyl adjacent to an activating group) is 1. The molecule has 10 heteroatoms. The normalized spacial score (nSPS) is 14.6. The van der Waals surface area contributed by atoms with Crippen LogP contribution in [-0.4, -0.2) is 51.3 Å². The fourth-order valence-electron chi connectivity index (χ4n) is 3.75. The van der Waals surface area contributed by atoms with Gasteiger partial charge in [0, 0.05) is 23.5 Å². The second kappa shape index (κ2) is 9.24. The highest BCUT2D eigenvalue weighted by atomic mass is 35.5. The van der Waals surface area contributed by atoms with Gasteiger partial charge >= 0.3 is 5.97 Å². The summed E-state index contributed by atoms with van der Waals surface area (Å²) in [6.07, 6.45) is -0.851. The fourth-order valence-corrected chi connectivity index (χ4v) is 5.47. The summed E-state index contributed by atoms with van der Waals surface area (Å²) in [6.45, 7) is 4.59. The summed E-state index contributed by atoms with van der Waals surface area (Å²) < 4.78 is 45.1. The van der Waals surface area contributed by atoms with E-state index >= 15 is 0 Å². The molecule has 0 aliphatic carbocycles. The summed E-state index contributed by atoms with van der Waals surface area (Å²) in [5.41, 5.74) is 1.65. The Morgan fingerprint density at radius 3 is 2.76 bits per heavy atom. The van der Waals surface area contributed by atoms with Crippen LogP contribution in [0.4, 0.5) is 5.69 Å². The van der Waals surface area contributed by atoms with Crippen LogP contribution in [0.25, 0.3) is 10.9 Å². The van der Waals surface area contributed by atoms with Crippen LogP contribution in [0.3, 0.4) is 0 Å². The van der Waals surface area contributed by atoms with Crippen LogP contribution < -0.4 is 9.64 Å². The second-order valence-electron chi connectivity index (χ2n) is 7.71. The molecule has 0 saturated carbocycles. The van der Waals surface area contributed by atoms with E-state index in [4.69, 9.17) is 25.8 Å². The summed E-state index contributed by atoms with van der Waals surface area (Å²) in [5.74, 6) is 0.0000768. The fraction of sp³-hybridized carbons (Fsp3) is 0.348. The molecule has 2 heterocycles. The highest BCUT2D eigenvalue weighted by Crippen LogP contribution is 2.35. The molecule has 33 heavy (non-hydrogen) atoms. The Kier molecular flexibility index (Phi) is 6.56. The molecule has 1 unspecified atom stereocenters. The lowest BCUT2D eigenvalue weighted by atomic mass is 10.2. The van der Waals surface area contributed by atoms with E-state index in [0.717, 1.165) is 12.2 Å². The number of hydrogen-bond donors (Lipinski definition) is 0. The van der Waals surface area contributed by atoms with E-state index < -0.39 is 22.1 Å². The summed E-state index contributed by atoms with van der Waals surface area (Å²) >= 11 is 6.14. The molecular weight excluding hydrogens is 468 g/mol. The van der Waals surface area contributed by atoms with Crippen molar-refractivity contribution >= 4 is 44.2 Å². The van der Waals surface area contributed by atoms with E-state index in [0.29, 0.717) is 34.0 Å². The van der Waals surface area contributed by atoms with Crippen LogP contribution in [0.2, 0.25) is 5.02 Å². The van der Waals surface area contributed by atoms with E-state index in [1.165, 1.54) is 10.0 Å². The van der Waals surface area contributed by atoms with Gasteiger partial charge in [-0.1, -0.05) is 11.6 Å². The Morgan fingerprint density at radius 1 is 1.21 bits per heavy atom. The van der Waals surface area contributed by atoms with Crippen molar-refractivity contribution in [1.82, 2.24) is 3.97 Å². The lowest BCUT2D eigenvalue weighted by Gasteiger charge is -2.28. The van der Waals surface area contributed by atoms with Crippen LogP contribution in [0, 0.1) is 0 Å². The zero-order chi connectivity index (χ0) is 23.8. The lowest BCUT2D eigenvalue weighted by molar-refractivity contribution is -0.156. The highest BCUT2D eigenvalue weighted by Gasteiger charge is 2.27. The van der Waals surface area contributed by atoms with Crippen LogP contribution >= 0.6 is 11.6 Å². The standard InChI is InChI=1S/C23H25ClN2O6S/c1-4-30-23(27)15(2)32-14-18-12-16-11-17(24)5-7-20(16)26(18)33(28,29)19-6-8-21-22(13-19)31-10-9-25(21)3/h5-8,11-13,15H,4,9-10,14H2,1-3H3. The van der Waals surface area contributed by atoms with Gasteiger partial charge in [-0.2, -0.15) is 0 Å². The first kappa shape index (κ1) is 23.4. The maximum absolute atomic E-state index is 13.8. The zero-order valence-corrected chi connectivity index (χ0v) is 20.1. The Morgan fingerprint density at radius 2 is 2.00 bits per heavy atom. The van der Waals surface area contributed by atoms with Gasteiger partial charge in [-0.05, 0) is 50.2 Å². The number of aromatic nitrogens is 1. The van der Waals surface area contributed by atoms with Crippen molar-refractivity contribution in [3.05, 3.63) is 53.2 Å². The van der Waals surface area contributed by atoms with E-state index in [-0.39, 0.29) is 18.1 Å². The van der Waals surface area contributed by atoms with Crippen LogP contribution in [0.1, 0.15) is 19.5 Å². The molecule has 0 amide bonds. The van der Waals surface area contributed by atoms with Gasteiger partial charge in [-0.15, -0.1) is 0 Å². The quantitative estimate of drug-likeness (QED) is 0.463. The predicted molar refractivity (Wildman–Crippen MR) is 126 cm³/mol. The molecule has 8 nitrogen and oxygen atoms in total. The first-order chi connectivity index (χ1) is 15.7. The number of nitrogens with zero attached hydrogens (tertiary/aromatic N) is 2. The minimum Gasteiger partial charge on any atom is -0.490 e. The minimum atomic E-state index is -4.02. The molecular formula is C23H25ClN2O6S. The highest BCUT2D eigenvalue weighted by molar-refractivity contribution is 7.90. The molecule has 4 rings (SSSR count). The van der Waals surface area contributed by atoms with Crippen molar-refractivity contribution in [2.45, 2.75) is 31.5 Å². The number of fused-ring (bicyclic) bond motifs is 2. The van der Waals surface area contributed by atoms with Crippen molar-refractivity contribution in [1.29, 1.82) is 0 Å². The molecule has 2 aromatic carbocycles. The van der Waals surface area contributed by atoms with Crippen LogP contribution in [0.15, 0.2) is 47.4 Å². The van der Waals surface area contributed by atoms with Gasteiger partial charge in [0.15, 0.2) is 6.10 Å². The van der Waals surface area contributed by atoms with E-state index in [1.807, 2.05) is 11.9 Å². The van der Waals surface area contributed by atoms with Crippen molar-refractivity contribution in [3.63, 3.8) is 0 Å². The topological polar surface area (TPSA) is 87.1 Å². The first-order valence-electron chi connectivity index (χ1n) is 10.5. The minimum absolute atomic E-state index is 0.0868. The Bertz CT molecular complexity index is 1300. The Labute approximate surface area is 197 Å². The van der Waals surface area contributed by atoms with Crippen molar-refractivity contribution < 1.29 is 27.4 Å². The molecule has 1 aliphatic heterocycles. The molecule has 0 N–H and O–H groups in total. The van der Waals surface area contributed by atoms with Gasteiger partial charge in [0.1, 0.15) is 12.4 Å². The number of carbonyl (C=O) groups excluding carboxylic acids is 1. The van der Waals surface area contributed by atoms with Gasteiger partial charge in [-0.25, -0.2) is 17.2 Å². The van der Waals surface area contributed by atoms with Gasteiger partial charge in [0.25, 0.3) is 10.0 Å². The molecule has 0 bridgehead atoms. The number of esters is 1. The smallest absolute Gasteiger partial charge is 0.334 e. The molecule has 0 radical (unpaired) electrons. The second-order valence-corrected chi connectivity index (χ2v) is 9.94. The molecule has 0 spiro atoms. The third kappa shape index (κ3) is 4.53. The Balaban J connectivity index is 1.77. The first-order valence-corrected chi connectivity index (χ1v) is 12.4. The molecule has 3 aromatic rings. The summed E-state index contributed by atoms with van der Waals surface area (Å²) in [5, 5.41) is 1.12. The molecule has 1 atom stereocenters. The number of benzene rings is 2. The summed E-state index contributed by atoms with van der Waals surface area (Å²) in [4.78, 5) is 14.0. The zero-order valence-electron chi connectivity index (χ0n) is 18.6. The van der Waals surface area contributed by atoms with Gasteiger partial charge < -0.3 is 19.1 Å². The monoisotopic (exact) mass is 492 g/mol. The Hall–Kier alpha value is -2.75. The van der Waals surface area contributed by atoms with E-state index in [1.54, 1.807) is 50.2 Å². The van der Waals surface area contributed by atoms with Crippen molar-refractivity contribution in [2.75, 3.05) is 31.7 Å².